The lowest BCUT2D eigenvalue weighted by atomic mass is 10.1. The summed E-state index contributed by atoms with van der Waals surface area (Å²) in [5.41, 5.74) is 1.83. The summed E-state index contributed by atoms with van der Waals surface area (Å²) in [5.74, 6) is 0.625. The molecule has 0 aliphatic rings. The Hall–Kier alpha value is -3.16. The minimum absolute atomic E-state index is 0.182. The number of hydrogen-bond donors (Lipinski definition) is 1. The molecule has 8 nitrogen and oxygen atoms in total. The summed E-state index contributed by atoms with van der Waals surface area (Å²) in [6, 6.07) is 4.78. The van der Waals surface area contributed by atoms with Crippen LogP contribution in [0.15, 0.2) is 27.5 Å². The molecule has 8 heteroatoms. The molecule has 0 fully saturated rings. The number of nitrogens with zero attached hydrogens (tertiary/aromatic N) is 3. The molecule has 3 aromatic rings. The van der Waals surface area contributed by atoms with Gasteiger partial charge in [-0.3, -0.25) is 14.2 Å². The number of methoxy groups -OCH3 is 1. The minimum atomic E-state index is -0.728. The van der Waals surface area contributed by atoms with Gasteiger partial charge in [0.2, 0.25) is 5.91 Å². The Bertz CT molecular complexity index is 1070. The van der Waals surface area contributed by atoms with Gasteiger partial charge in [0.1, 0.15) is 23.0 Å². The molecule has 2 aromatic heterocycles. The SMILES string of the molecule is CC[C@H](C(=O)Nc1cc(C)ccc1OC)n1c(C)nc2onc(C)c2c1=O. The maximum Gasteiger partial charge on any atom is 0.267 e. The zero-order chi connectivity index (χ0) is 19.7. The highest BCUT2D eigenvalue weighted by Crippen LogP contribution is 2.27. The molecule has 0 radical (unpaired) electrons. The summed E-state index contributed by atoms with van der Waals surface area (Å²) in [5, 5.41) is 6.96. The molecule has 1 aromatic carbocycles. The predicted molar refractivity (Wildman–Crippen MR) is 101 cm³/mol. The highest BCUT2D eigenvalue weighted by atomic mass is 16.5. The quantitative estimate of drug-likeness (QED) is 0.741. The summed E-state index contributed by atoms with van der Waals surface area (Å²) in [6.07, 6.45) is 0.415. The van der Waals surface area contributed by atoms with Crippen molar-refractivity contribution >= 4 is 22.7 Å². The molecule has 3 rings (SSSR count). The van der Waals surface area contributed by atoms with Crippen LogP contribution in [0.2, 0.25) is 0 Å². The van der Waals surface area contributed by atoms with Gasteiger partial charge in [-0.05, 0) is 44.9 Å². The van der Waals surface area contributed by atoms with Gasteiger partial charge in [0, 0.05) is 0 Å². The normalized spacial score (nSPS) is 12.2. The number of hydrogen-bond acceptors (Lipinski definition) is 6. The van der Waals surface area contributed by atoms with Gasteiger partial charge in [-0.25, -0.2) is 0 Å². The Morgan fingerprint density at radius 3 is 2.74 bits per heavy atom. The van der Waals surface area contributed by atoms with Crippen molar-refractivity contribution in [1.29, 1.82) is 0 Å². The highest BCUT2D eigenvalue weighted by Gasteiger charge is 2.25. The number of carbonyl (C=O) groups excluding carboxylic acids is 1. The number of ether oxygens (including phenoxy) is 1. The van der Waals surface area contributed by atoms with Crippen molar-refractivity contribution in [3.8, 4) is 5.75 Å². The number of amides is 1. The zero-order valence-electron chi connectivity index (χ0n) is 16.0. The molecule has 0 aliphatic heterocycles. The van der Waals surface area contributed by atoms with Gasteiger partial charge >= 0.3 is 0 Å². The molecule has 0 bridgehead atoms. The van der Waals surface area contributed by atoms with Crippen molar-refractivity contribution in [1.82, 2.24) is 14.7 Å². The second-order valence-electron chi connectivity index (χ2n) is 6.40. The Labute approximate surface area is 156 Å². The smallest absolute Gasteiger partial charge is 0.267 e. The van der Waals surface area contributed by atoms with Crippen molar-refractivity contribution in [3.05, 3.63) is 45.6 Å². The van der Waals surface area contributed by atoms with Crippen LogP contribution in [0.1, 0.15) is 36.5 Å². The standard InChI is InChI=1S/C19H22N4O4/c1-6-14(17(24)21-13-9-10(2)7-8-15(13)26-5)23-12(4)20-18-16(19(23)25)11(3)22-27-18/h7-9,14H,6H2,1-5H3,(H,21,24)/t14-/m1/s1. The third-order valence-corrected chi connectivity index (χ3v) is 4.50. The number of nitrogens with one attached hydrogen (secondary N) is 1. The van der Waals surface area contributed by atoms with Gasteiger partial charge in [0.25, 0.3) is 11.3 Å². The molecule has 1 atom stereocenters. The van der Waals surface area contributed by atoms with Gasteiger partial charge in [0.15, 0.2) is 0 Å². The van der Waals surface area contributed by atoms with Crippen molar-refractivity contribution in [2.45, 2.75) is 40.2 Å². The van der Waals surface area contributed by atoms with Crippen LogP contribution in [0.4, 0.5) is 5.69 Å². The van der Waals surface area contributed by atoms with E-state index in [-0.39, 0.29) is 17.2 Å². The summed E-state index contributed by atoms with van der Waals surface area (Å²) >= 11 is 0. The number of benzene rings is 1. The lowest BCUT2D eigenvalue weighted by molar-refractivity contribution is -0.119. The average Bonchev–Trinajstić information content (AvgIpc) is 2.99. The molecule has 2 heterocycles. The number of aryl methyl sites for hydroxylation is 3. The van der Waals surface area contributed by atoms with Crippen molar-refractivity contribution in [3.63, 3.8) is 0 Å². The first kappa shape index (κ1) is 18.6. The minimum Gasteiger partial charge on any atom is -0.495 e. The molecule has 27 heavy (non-hydrogen) atoms. The van der Waals surface area contributed by atoms with E-state index in [1.807, 2.05) is 26.0 Å². The molecule has 1 N–H and O–H groups in total. The third-order valence-electron chi connectivity index (χ3n) is 4.50. The summed E-state index contributed by atoms with van der Waals surface area (Å²) in [4.78, 5) is 30.3. The maximum absolute atomic E-state index is 13.0. The van der Waals surface area contributed by atoms with Crippen LogP contribution in [0, 0.1) is 20.8 Å². The van der Waals surface area contributed by atoms with Gasteiger partial charge in [-0.2, -0.15) is 4.98 Å². The number of fused-ring (bicyclic) bond motifs is 1. The van der Waals surface area contributed by atoms with Crippen LogP contribution in [-0.4, -0.2) is 27.7 Å². The fraction of sp³-hybridized carbons (Fsp3) is 0.368. The molecular formula is C19H22N4O4. The summed E-state index contributed by atoms with van der Waals surface area (Å²) in [6.45, 7) is 7.11. The van der Waals surface area contributed by atoms with Gasteiger partial charge in [0.05, 0.1) is 18.5 Å². The lowest BCUT2D eigenvalue weighted by Crippen LogP contribution is -2.35. The van der Waals surface area contributed by atoms with E-state index in [0.29, 0.717) is 34.8 Å². The van der Waals surface area contributed by atoms with Crippen LogP contribution in [0.5, 0.6) is 5.75 Å². The van der Waals surface area contributed by atoms with E-state index in [4.69, 9.17) is 9.26 Å². The van der Waals surface area contributed by atoms with Gasteiger partial charge in [-0.1, -0.05) is 18.1 Å². The number of anilines is 1. The van der Waals surface area contributed by atoms with E-state index in [1.165, 1.54) is 4.57 Å². The first-order valence-corrected chi connectivity index (χ1v) is 8.68. The van der Waals surface area contributed by atoms with E-state index in [1.54, 1.807) is 27.0 Å². The Kier molecular flexibility index (Phi) is 4.98. The van der Waals surface area contributed by atoms with Crippen LogP contribution in [0.3, 0.4) is 0 Å². The van der Waals surface area contributed by atoms with Crippen molar-refractivity contribution in [2.75, 3.05) is 12.4 Å². The van der Waals surface area contributed by atoms with Crippen LogP contribution in [0.25, 0.3) is 11.1 Å². The molecule has 142 valence electrons. The van der Waals surface area contributed by atoms with E-state index >= 15 is 0 Å². The monoisotopic (exact) mass is 370 g/mol. The van der Waals surface area contributed by atoms with Gasteiger partial charge in [-0.15, -0.1) is 0 Å². The molecule has 0 saturated carbocycles. The first-order valence-electron chi connectivity index (χ1n) is 8.68. The van der Waals surface area contributed by atoms with Crippen LogP contribution in [-0.2, 0) is 4.79 Å². The molecule has 0 unspecified atom stereocenters. The average molecular weight is 370 g/mol. The fourth-order valence-corrected chi connectivity index (χ4v) is 3.14. The number of aromatic nitrogens is 3. The number of rotatable bonds is 5. The Balaban J connectivity index is 2.04. The van der Waals surface area contributed by atoms with Crippen LogP contribution >= 0.6 is 0 Å². The largest absolute Gasteiger partial charge is 0.495 e. The lowest BCUT2D eigenvalue weighted by Gasteiger charge is -2.20. The van der Waals surface area contributed by atoms with E-state index in [0.717, 1.165) is 5.56 Å². The van der Waals surface area contributed by atoms with E-state index < -0.39 is 6.04 Å². The molecule has 1 amide bonds. The Morgan fingerprint density at radius 1 is 1.33 bits per heavy atom. The number of carbonyl (C=O) groups is 1. The van der Waals surface area contributed by atoms with Gasteiger partial charge < -0.3 is 14.6 Å². The van der Waals surface area contributed by atoms with E-state index in [9.17, 15) is 9.59 Å². The predicted octanol–water partition coefficient (Wildman–Crippen LogP) is 2.91. The second kappa shape index (κ2) is 7.22. The molecule has 0 saturated heterocycles. The van der Waals surface area contributed by atoms with Crippen molar-refractivity contribution < 1.29 is 14.1 Å². The van der Waals surface area contributed by atoms with E-state index in [2.05, 4.69) is 15.5 Å². The topological polar surface area (TPSA) is 99.2 Å². The first-order chi connectivity index (χ1) is 12.9. The zero-order valence-corrected chi connectivity index (χ0v) is 16.0. The molecular weight excluding hydrogens is 348 g/mol. The summed E-state index contributed by atoms with van der Waals surface area (Å²) in [7, 11) is 1.54. The molecule has 0 spiro atoms. The summed E-state index contributed by atoms with van der Waals surface area (Å²) < 4.78 is 11.8. The maximum atomic E-state index is 13.0. The highest BCUT2D eigenvalue weighted by molar-refractivity contribution is 5.95. The Morgan fingerprint density at radius 2 is 2.07 bits per heavy atom. The van der Waals surface area contributed by atoms with Crippen LogP contribution < -0.4 is 15.6 Å². The molecule has 0 aliphatic carbocycles. The second-order valence-corrected chi connectivity index (χ2v) is 6.40. The van der Waals surface area contributed by atoms with Crippen molar-refractivity contribution in [2.24, 2.45) is 0 Å². The fourth-order valence-electron chi connectivity index (χ4n) is 3.14. The third kappa shape index (κ3) is 3.30.